The zero-order valence-corrected chi connectivity index (χ0v) is 16.1. The maximum atomic E-state index is 12.9. The molecule has 0 radical (unpaired) electrons. The Bertz CT molecular complexity index is 813. The van der Waals surface area contributed by atoms with Gasteiger partial charge in [-0.25, -0.2) is 0 Å². The summed E-state index contributed by atoms with van der Waals surface area (Å²) < 4.78 is 12.2. The Morgan fingerprint density at radius 3 is 1.85 bits per heavy atom. The molecule has 0 spiro atoms. The van der Waals surface area contributed by atoms with Gasteiger partial charge < -0.3 is 9.31 Å². The molecule has 2 saturated heterocycles. The smallest absolute Gasteiger partial charge is 0.399 e. The fraction of sp³-hybridized carbons (Fsp3) is 0.524. The zero-order valence-electron chi connectivity index (χ0n) is 16.1. The van der Waals surface area contributed by atoms with Gasteiger partial charge in [0.1, 0.15) is 0 Å². The number of carbonyl (C=O) groups excluding carboxylic acids is 2. The van der Waals surface area contributed by atoms with Gasteiger partial charge in [0.05, 0.1) is 28.7 Å². The normalized spacial score (nSPS) is 35.4. The highest BCUT2D eigenvalue weighted by Gasteiger charge is 2.59. The molecule has 0 unspecified atom stereocenters. The second-order valence-corrected chi connectivity index (χ2v) is 9.19. The average molecular weight is 365 g/mol. The quantitative estimate of drug-likeness (QED) is 0.459. The van der Waals surface area contributed by atoms with E-state index in [9.17, 15) is 9.59 Å². The number of amides is 2. The van der Waals surface area contributed by atoms with Crippen molar-refractivity contribution in [2.45, 2.75) is 45.3 Å². The molecule has 2 aliphatic heterocycles. The topological polar surface area (TPSA) is 55.8 Å². The van der Waals surface area contributed by atoms with Gasteiger partial charge in [0.25, 0.3) is 0 Å². The lowest BCUT2D eigenvalue weighted by Gasteiger charge is -2.32. The second-order valence-electron chi connectivity index (χ2n) is 9.19. The molecule has 5 rings (SSSR count). The summed E-state index contributed by atoms with van der Waals surface area (Å²) in [7, 11) is -0.451. The third-order valence-corrected chi connectivity index (χ3v) is 7.15. The number of hydrogen-bond donors (Lipinski definition) is 0. The van der Waals surface area contributed by atoms with Crippen LogP contribution in [0.1, 0.15) is 34.1 Å². The minimum absolute atomic E-state index is 0.0507. The van der Waals surface area contributed by atoms with E-state index in [0.29, 0.717) is 5.69 Å². The summed E-state index contributed by atoms with van der Waals surface area (Å²) >= 11 is 0. The minimum Gasteiger partial charge on any atom is -0.399 e. The molecule has 5 nitrogen and oxygen atoms in total. The average Bonchev–Trinajstić information content (AvgIpc) is 3.32. The van der Waals surface area contributed by atoms with Gasteiger partial charge in [-0.15, -0.1) is 0 Å². The molecule has 1 saturated carbocycles. The first-order valence-electron chi connectivity index (χ1n) is 9.71. The SMILES string of the molecule is CC1(C)OB(c2ccc(N3C(=O)[C@@H]4[C@@H](C3=O)[C@H]3C=C[C@H]4C3)cc2)OC1(C)C. The largest absolute Gasteiger partial charge is 0.494 e. The molecular formula is C21H24BNO4. The Balaban J connectivity index is 1.39. The van der Waals surface area contributed by atoms with Crippen molar-refractivity contribution < 1.29 is 18.9 Å². The lowest BCUT2D eigenvalue weighted by Crippen LogP contribution is -2.41. The lowest BCUT2D eigenvalue weighted by molar-refractivity contribution is -0.123. The van der Waals surface area contributed by atoms with E-state index in [1.165, 1.54) is 4.90 Å². The third kappa shape index (κ3) is 2.26. The van der Waals surface area contributed by atoms with E-state index in [2.05, 4.69) is 12.2 Å². The van der Waals surface area contributed by atoms with Gasteiger partial charge in [-0.2, -0.15) is 0 Å². The van der Waals surface area contributed by atoms with E-state index in [0.717, 1.165) is 11.9 Å². The second kappa shape index (κ2) is 5.33. The first-order chi connectivity index (χ1) is 12.7. The van der Waals surface area contributed by atoms with Crippen LogP contribution in [0.2, 0.25) is 0 Å². The summed E-state index contributed by atoms with van der Waals surface area (Å²) in [6.45, 7) is 8.07. The summed E-state index contributed by atoms with van der Waals surface area (Å²) in [6.07, 6.45) is 5.17. The van der Waals surface area contributed by atoms with Gasteiger partial charge in [0.2, 0.25) is 11.8 Å². The standard InChI is InChI=1S/C21H24BNO4/c1-20(2)21(3,4)27-22(26-20)14-7-9-15(10-8-14)23-18(24)16-12-5-6-13(11-12)17(16)19(23)25/h5-10,12-13,16-17H,11H2,1-4H3/t12-,13-,16-,17-/m0/s1. The molecule has 0 N–H and O–H groups in total. The summed E-state index contributed by atoms with van der Waals surface area (Å²) in [5, 5.41) is 0. The maximum absolute atomic E-state index is 12.9. The summed E-state index contributed by atoms with van der Waals surface area (Å²) in [5.41, 5.74) is 0.722. The van der Waals surface area contributed by atoms with Gasteiger partial charge in [-0.05, 0) is 63.5 Å². The van der Waals surface area contributed by atoms with Crippen molar-refractivity contribution in [1.29, 1.82) is 0 Å². The fourth-order valence-electron chi connectivity index (χ4n) is 4.92. The lowest BCUT2D eigenvalue weighted by atomic mass is 9.79. The Morgan fingerprint density at radius 1 is 0.889 bits per heavy atom. The van der Waals surface area contributed by atoms with Crippen LogP contribution in [0.4, 0.5) is 5.69 Å². The molecule has 3 fully saturated rings. The van der Waals surface area contributed by atoms with Crippen LogP contribution in [0.3, 0.4) is 0 Å². The van der Waals surface area contributed by atoms with E-state index >= 15 is 0 Å². The van der Waals surface area contributed by atoms with E-state index in [1.807, 2.05) is 52.0 Å². The van der Waals surface area contributed by atoms with Crippen LogP contribution in [-0.2, 0) is 18.9 Å². The van der Waals surface area contributed by atoms with Gasteiger partial charge in [-0.1, -0.05) is 24.3 Å². The molecule has 2 heterocycles. The number of anilines is 1. The monoisotopic (exact) mass is 365 g/mol. The number of hydrogen-bond acceptors (Lipinski definition) is 4. The van der Waals surface area contributed by atoms with Crippen molar-refractivity contribution in [3.8, 4) is 0 Å². The first-order valence-corrected chi connectivity index (χ1v) is 9.71. The molecule has 140 valence electrons. The molecule has 27 heavy (non-hydrogen) atoms. The van der Waals surface area contributed by atoms with Crippen LogP contribution in [0.5, 0.6) is 0 Å². The Hall–Kier alpha value is -1.92. The molecule has 1 aromatic carbocycles. The van der Waals surface area contributed by atoms with E-state index in [-0.39, 0.29) is 35.5 Å². The minimum atomic E-state index is -0.451. The predicted molar refractivity (Wildman–Crippen MR) is 102 cm³/mol. The van der Waals surface area contributed by atoms with Crippen LogP contribution >= 0.6 is 0 Å². The fourth-order valence-corrected chi connectivity index (χ4v) is 4.92. The molecule has 4 atom stereocenters. The molecule has 4 aliphatic rings. The highest BCUT2D eigenvalue weighted by Crippen LogP contribution is 2.53. The number of fused-ring (bicyclic) bond motifs is 5. The molecular weight excluding hydrogens is 341 g/mol. The number of benzene rings is 1. The zero-order chi connectivity index (χ0) is 19.1. The van der Waals surface area contributed by atoms with Crippen LogP contribution in [0.25, 0.3) is 0 Å². The Kier molecular flexibility index (Phi) is 3.39. The number of allylic oxidation sites excluding steroid dienone is 2. The van der Waals surface area contributed by atoms with Gasteiger partial charge >= 0.3 is 7.12 Å². The van der Waals surface area contributed by atoms with Crippen molar-refractivity contribution in [3.63, 3.8) is 0 Å². The van der Waals surface area contributed by atoms with E-state index in [4.69, 9.17) is 9.31 Å². The molecule has 1 aromatic rings. The molecule has 2 amide bonds. The van der Waals surface area contributed by atoms with Crippen LogP contribution in [0, 0.1) is 23.7 Å². The van der Waals surface area contributed by atoms with Gasteiger partial charge in [0, 0.05) is 0 Å². The Labute approximate surface area is 159 Å². The first kappa shape index (κ1) is 17.2. The molecule has 2 aliphatic carbocycles. The van der Waals surface area contributed by atoms with Crippen molar-refractivity contribution in [3.05, 3.63) is 36.4 Å². The number of imide groups is 1. The number of nitrogens with zero attached hydrogens (tertiary/aromatic N) is 1. The van der Waals surface area contributed by atoms with E-state index in [1.54, 1.807) is 0 Å². The molecule has 6 heteroatoms. The molecule has 2 bridgehead atoms. The van der Waals surface area contributed by atoms with E-state index < -0.39 is 18.3 Å². The van der Waals surface area contributed by atoms with Crippen molar-refractivity contribution in [2.75, 3.05) is 4.90 Å². The predicted octanol–water partition coefficient (Wildman–Crippen LogP) is 2.30. The van der Waals surface area contributed by atoms with Crippen molar-refractivity contribution >= 4 is 30.1 Å². The van der Waals surface area contributed by atoms with Crippen LogP contribution in [0.15, 0.2) is 36.4 Å². The van der Waals surface area contributed by atoms with Crippen LogP contribution in [-0.4, -0.2) is 30.1 Å². The van der Waals surface area contributed by atoms with Gasteiger partial charge in [-0.3, -0.25) is 14.5 Å². The Morgan fingerprint density at radius 2 is 1.37 bits per heavy atom. The van der Waals surface area contributed by atoms with Crippen molar-refractivity contribution in [2.24, 2.45) is 23.7 Å². The molecule has 0 aromatic heterocycles. The number of rotatable bonds is 2. The third-order valence-electron chi connectivity index (χ3n) is 7.15. The highest BCUT2D eigenvalue weighted by atomic mass is 16.7. The van der Waals surface area contributed by atoms with Gasteiger partial charge in [0.15, 0.2) is 0 Å². The maximum Gasteiger partial charge on any atom is 0.494 e. The summed E-state index contributed by atoms with van der Waals surface area (Å²) in [4.78, 5) is 27.2. The highest BCUT2D eigenvalue weighted by molar-refractivity contribution is 6.62. The van der Waals surface area contributed by atoms with Crippen LogP contribution < -0.4 is 10.4 Å². The van der Waals surface area contributed by atoms with Crippen molar-refractivity contribution in [1.82, 2.24) is 0 Å². The summed E-state index contributed by atoms with van der Waals surface area (Å²) in [6, 6.07) is 7.43. The summed E-state index contributed by atoms with van der Waals surface area (Å²) in [5.74, 6) is 0.0111. The number of carbonyl (C=O) groups is 2.